The molecule has 2 rings (SSSR count). The van der Waals surface area contributed by atoms with E-state index >= 15 is 0 Å². The van der Waals surface area contributed by atoms with Crippen molar-refractivity contribution in [1.29, 1.82) is 0 Å². The summed E-state index contributed by atoms with van der Waals surface area (Å²) in [6.07, 6.45) is -1.67. The Hall–Kier alpha value is -2.10. The molecule has 0 aromatic heterocycles. The Labute approximate surface area is 218 Å². The number of nitrogens with one attached hydrogen (secondary N) is 2. The van der Waals surface area contributed by atoms with Crippen molar-refractivity contribution >= 4 is 29.3 Å². The molecule has 0 bridgehead atoms. The van der Waals surface area contributed by atoms with Crippen molar-refractivity contribution in [1.82, 2.24) is 10.2 Å². The number of carbonyl (C=O) groups excluding carboxylic acids is 2. The van der Waals surface area contributed by atoms with Gasteiger partial charge in [-0.15, -0.1) is 13.2 Å². The van der Waals surface area contributed by atoms with E-state index in [0.29, 0.717) is 18.7 Å². The zero-order chi connectivity index (χ0) is 27.1. The number of thioether (sulfide) groups is 1. The van der Waals surface area contributed by atoms with Crippen molar-refractivity contribution < 1.29 is 27.5 Å². The van der Waals surface area contributed by atoms with Gasteiger partial charge < -0.3 is 20.3 Å². The zero-order valence-electron chi connectivity index (χ0n) is 22.1. The summed E-state index contributed by atoms with van der Waals surface area (Å²) in [5.41, 5.74) is 0.610. The number of nitrogens with zero attached hydrogens (tertiary/aromatic N) is 1. The summed E-state index contributed by atoms with van der Waals surface area (Å²) in [6, 6.07) is 5.18. The average Bonchev–Trinajstić information content (AvgIpc) is 3.07. The van der Waals surface area contributed by atoms with Crippen molar-refractivity contribution in [2.45, 2.75) is 72.7 Å². The van der Waals surface area contributed by atoms with Gasteiger partial charge in [0.15, 0.2) is 0 Å². The van der Waals surface area contributed by atoms with Crippen LogP contribution in [0.2, 0.25) is 0 Å². The molecule has 0 saturated carbocycles. The summed E-state index contributed by atoms with van der Waals surface area (Å²) >= 11 is 1.85. The van der Waals surface area contributed by atoms with E-state index in [2.05, 4.69) is 29.2 Å². The third-order valence-electron chi connectivity index (χ3n) is 5.21. The second-order valence-corrected chi connectivity index (χ2v) is 10.7. The standard InChI is InChI=1S/C23H34F3N3O3S.C3H8/c1-16(2)13-18(14-21(30)29-9-4-11-33-12-10-29)22(31)28-17(3)15-27-19-5-7-20(8-6-19)32-23(24,25)26;1-3-2/h5-8,16-18,27H,4,9-15H2,1-3H3,(H,28,31);3H2,1-2H3/t17-,18?;/m0./s1. The second-order valence-electron chi connectivity index (χ2n) is 9.45. The number of anilines is 1. The van der Waals surface area contributed by atoms with E-state index in [9.17, 15) is 22.8 Å². The molecule has 0 aliphatic carbocycles. The molecule has 6 nitrogen and oxygen atoms in total. The van der Waals surface area contributed by atoms with E-state index in [1.165, 1.54) is 30.7 Å². The van der Waals surface area contributed by atoms with Crippen LogP contribution < -0.4 is 15.4 Å². The van der Waals surface area contributed by atoms with E-state index in [0.717, 1.165) is 31.0 Å². The van der Waals surface area contributed by atoms with Crippen molar-refractivity contribution in [3.63, 3.8) is 0 Å². The molecule has 36 heavy (non-hydrogen) atoms. The van der Waals surface area contributed by atoms with E-state index in [1.807, 2.05) is 37.4 Å². The van der Waals surface area contributed by atoms with E-state index in [1.54, 1.807) is 0 Å². The smallest absolute Gasteiger partial charge is 0.406 e. The van der Waals surface area contributed by atoms with Gasteiger partial charge in [-0.05, 0) is 55.7 Å². The molecule has 10 heteroatoms. The average molecular weight is 534 g/mol. The van der Waals surface area contributed by atoms with Crippen LogP contribution in [0.4, 0.5) is 18.9 Å². The van der Waals surface area contributed by atoms with Crippen LogP contribution in [0.15, 0.2) is 24.3 Å². The molecule has 1 aromatic carbocycles. The molecule has 2 amide bonds. The fourth-order valence-corrected chi connectivity index (χ4v) is 4.53. The first kappa shape index (κ1) is 31.9. The molecule has 0 radical (unpaired) electrons. The summed E-state index contributed by atoms with van der Waals surface area (Å²) in [6.45, 7) is 12.0. The molecule has 1 aromatic rings. The lowest BCUT2D eigenvalue weighted by Crippen LogP contribution is -2.43. The summed E-state index contributed by atoms with van der Waals surface area (Å²) < 4.78 is 40.6. The van der Waals surface area contributed by atoms with Crippen LogP contribution >= 0.6 is 11.8 Å². The fraction of sp³-hybridized carbons (Fsp3) is 0.692. The van der Waals surface area contributed by atoms with Gasteiger partial charge in [-0.1, -0.05) is 34.1 Å². The molecule has 206 valence electrons. The number of amides is 2. The van der Waals surface area contributed by atoms with Gasteiger partial charge in [-0.25, -0.2) is 0 Å². The second kappa shape index (κ2) is 16.6. The van der Waals surface area contributed by atoms with E-state index in [-0.39, 0.29) is 35.9 Å². The normalized spacial score (nSPS) is 15.8. The van der Waals surface area contributed by atoms with Gasteiger partial charge in [-0.2, -0.15) is 11.8 Å². The predicted octanol–water partition coefficient (Wildman–Crippen LogP) is 5.94. The number of benzene rings is 1. The largest absolute Gasteiger partial charge is 0.573 e. The predicted molar refractivity (Wildman–Crippen MR) is 141 cm³/mol. The van der Waals surface area contributed by atoms with Gasteiger partial charge in [0.1, 0.15) is 5.75 Å². The highest BCUT2D eigenvalue weighted by Gasteiger charge is 2.31. The zero-order valence-corrected chi connectivity index (χ0v) is 22.9. The Morgan fingerprint density at radius 1 is 1.08 bits per heavy atom. The third-order valence-corrected chi connectivity index (χ3v) is 6.26. The maximum Gasteiger partial charge on any atom is 0.573 e. The molecule has 1 fully saturated rings. The monoisotopic (exact) mass is 533 g/mol. The Bertz CT molecular complexity index is 768. The molecule has 0 spiro atoms. The molecule has 2 atom stereocenters. The van der Waals surface area contributed by atoms with Gasteiger partial charge >= 0.3 is 6.36 Å². The third kappa shape index (κ3) is 13.8. The highest BCUT2D eigenvalue weighted by molar-refractivity contribution is 7.99. The quantitative estimate of drug-likeness (QED) is 0.390. The number of hydrogen-bond acceptors (Lipinski definition) is 5. The summed E-state index contributed by atoms with van der Waals surface area (Å²) in [5.74, 6) is 1.46. The van der Waals surface area contributed by atoms with E-state index in [4.69, 9.17) is 0 Å². The number of hydrogen-bond donors (Lipinski definition) is 2. The van der Waals surface area contributed by atoms with E-state index < -0.39 is 12.3 Å². The lowest BCUT2D eigenvalue weighted by Gasteiger charge is -2.25. The molecule has 1 saturated heterocycles. The van der Waals surface area contributed by atoms with Crippen LogP contribution in [0.5, 0.6) is 5.75 Å². The first-order chi connectivity index (χ1) is 16.9. The minimum atomic E-state index is -4.73. The molecule has 1 unspecified atom stereocenters. The van der Waals surface area contributed by atoms with Crippen LogP contribution in [0.25, 0.3) is 0 Å². The minimum Gasteiger partial charge on any atom is -0.406 e. The molecular weight excluding hydrogens is 491 g/mol. The molecule has 1 aliphatic heterocycles. The molecule has 1 heterocycles. The Morgan fingerprint density at radius 2 is 1.72 bits per heavy atom. The Kier molecular flexibility index (Phi) is 14.7. The lowest BCUT2D eigenvalue weighted by molar-refractivity contribution is -0.274. The number of ether oxygens (including phenoxy) is 1. The van der Waals surface area contributed by atoms with Gasteiger partial charge in [0.05, 0.1) is 0 Å². The highest BCUT2D eigenvalue weighted by atomic mass is 32.2. The Morgan fingerprint density at radius 3 is 2.31 bits per heavy atom. The molecule has 2 N–H and O–H groups in total. The molecule has 1 aliphatic rings. The fourth-order valence-electron chi connectivity index (χ4n) is 3.64. The molecular formula is C26H42F3N3O3S. The lowest BCUT2D eigenvalue weighted by atomic mass is 9.92. The maximum atomic E-state index is 12.9. The van der Waals surface area contributed by atoms with Crippen LogP contribution in [0, 0.1) is 11.8 Å². The minimum absolute atomic E-state index is 0.0326. The number of alkyl halides is 3. The van der Waals surface area contributed by atoms with Crippen molar-refractivity contribution in [2.24, 2.45) is 11.8 Å². The SMILES string of the molecule is CC(C)CC(CC(=O)N1CCCSCC1)C(=O)N[C@@H](C)CNc1ccc(OC(F)(F)F)cc1.CCC. The van der Waals surface area contributed by atoms with Crippen LogP contribution in [0.1, 0.15) is 60.3 Å². The van der Waals surface area contributed by atoms with Gasteiger partial charge in [-0.3, -0.25) is 9.59 Å². The van der Waals surface area contributed by atoms with Crippen LogP contribution in [-0.4, -0.2) is 60.3 Å². The number of halogens is 3. The van der Waals surface area contributed by atoms with Crippen molar-refractivity contribution in [2.75, 3.05) is 36.5 Å². The summed E-state index contributed by atoms with van der Waals surface area (Å²) in [4.78, 5) is 27.6. The number of carbonyl (C=O) groups is 2. The van der Waals surface area contributed by atoms with Crippen molar-refractivity contribution in [3.05, 3.63) is 24.3 Å². The topological polar surface area (TPSA) is 70.7 Å². The first-order valence-electron chi connectivity index (χ1n) is 12.7. The van der Waals surface area contributed by atoms with Gasteiger partial charge in [0, 0.05) is 49.5 Å². The number of rotatable bonds is 10. The van der Waals surface area contributed by atoms with Crippen LogP contribution in [-0.2, 0) is 9.59 Å². The Balaban J connectivity index is 0.00000205. The van der Waals surface area contributed by atoms with Gasteiger partial charge in [0.2, 0.25) is 11.8 Å². The first-order valence-corrected chi connectivity index (χ1v) is 13.9. The van der Waals surface area contributed by atoms with Crippen LogP contribution in [0.3, 0.4) is 0 Å². The summed E-state index contributed by atoms with van der Waals surface area (Å²) in [7, 11) is 0. The highest BCUT2D eigenvalue weighted by Crippen LogP contribution is 2.24. The summed E-state index contributed by atoms with van der Waals surface area (Å²) in [5, 5.41) is 6.06. The maximum absolute atomic E-state index is 12.9. The van der Waals surface area contributed by atoms with Gasteiger partial charge in [0.25, 0.3) is 0 Å². The van der Waals surface area contributed by atoms with Crippen molar-refractivity contribution in [3.8, 4) is 5.75 Å².